The van der Waals surface area contributed by atoms with Crippen LogP contribution < -0.4 is 0 Å². The number of ether oxygens (including phenoxy) is 4. The van der Waals surface area contributed by atoms with E-state index in [1.807, 2.05) is 0 Å². The Labute approximate surface area is 217 Å². The highest BCUT2D eigenvalue weighted by Crippen LogP contribution is 2.22. The molecule has 6 atom stereocenters. The largest absolute Gasteiger partial charge is 0.457 e. The van der Waals surface area contributed by atoms with Crippen molar-refractivity contribution < 1.29 is 44.2 Å². The van der Waals surface area contributed by atoms with Crippen molar-refractivity contribution in [2.75, 3.05) is 26.4 Å². The maximum atomic E-state index is 12.2. The van der Waals surface area contributed by atoms with Crippen molar-refractivity contribution in [3.63, 3.8) is 0 Å². The summed E-state index contributed by atoms with van der Waals surface area (Å²) in [5.41, 5.74) is 0. The van der Waals surface area contributed by atoms with Crippen LogP contribution in [0.15, 0.2) is 0 Å². The van der Waals surface area contributed by atoms with Crippen LogP contribution in [0.2, 0.25) is 0 Å². The van der Waals surface area contributed by atoms with E-state index >= 15 is 0 Å². The summed E-state index contributed by atoms with van der Waals surface area (Å²) in [6.07, 6.45) is 7.83. The van der Waals surface area contributed by atoms with Gasteiger partial charge in [0, 0.05) is 13.0 Å². The molecule has 1 aliphatic heterocycles. The lowest BCUT2D eigenvalue weighted by molar-refractivity contribution is -0.305. The Balaban J connectivity index is 2.37. The van der Waals surface area contributed by atoms with E-state index in [0.717, 1.165) is 32.1 Å². The average molecular weight is 521 g/mol. The van der Waals surface area contributed by atoms with E-state index < -0.39 is 43.4 Å². The standard InChI is InChI=1S/C27H52O9/c1-3-5-7-8-9-10-11-12-13-15-17-33-19-21(35-23(29)16-14-6-4-2)20-34-27-26(32)25(31)24(30)22(18-28)36-27/h21-22,24-28,30-32H,3-20H2,1-2H3. The maximum absolute atomic E-state index is 12.2. The van der Waals surface area contributed by atoms with Gasteiger partial charge in [-0.25, -0.2) is 0 Å². The first-order valence-corrected chi connectivity index (χ1v) is 14.1. The highest BCUT2D eigenvalue weighted by Gasteiger charge is 2.44. The molecule has 9 nitrogen and oxygen atoms in total. The van der Waals surface area contributed by atoms with E-state index in [1.165, 1.54) is 51.4 Å². The lowest BCUT2D eigenvalue weighted by Gasteiger charge is -2.39. The van der Waals surface area contributed by atoms with Crippen LogP contribution in [-0.4, -0.2) is 89.6 Å². The highest BCUT2D eigenvalue weighted by atomic mass is 16.7. The minimum Gasteiger partial charge on any atom is -0.457 e. The SMILES string of the molecule is CCCCCCCCCCCCOCC(COC1OC(CO)C(O)C(O)C1O)OC(=O)CCCCC. The van der Waals surface area contributed by atoms with Gasteiger partial charge >= 0.3 is 5.97 Å². The number of unbranched alkanes of at least 4 members (excludes halogenated alkanes) is 11. The molecular weight excluding hydrogens is 468 g/mol. The Bertz CT molecular complexity index is 531. The van der Waals surface area contributed by atoms with Crippen molar-refractivity contribution in [3.8, 4) is 0 Å². The van der Waals surface area contributed by atoms with Crippen LogP contribution in [0.3, 0.4) is 0 Å². The van der Waals surface area contributed by atoms with Gasteiger partial charge in [-0.2, -0.15) is 0 Å². The third kappa shape index (κ3) is 14.2. The minimum absolute atomic E-state index is 0.111. The molecule has 0 saturated carbocycles. The molecule has 0 spiro atoms. The molecular formula is C27H52O9. The number of carbonyl (C=O) groups is 1. The Morgan fingerprint density at radius 2 is 1.36 bits per heavy atom. The number of aliphatic hydroxyl groups excluding tert-OH is 4. The second-order valence-corrected chi connectivity index (χ2v) is 9.86. The maximum Gasteiger partial charge on any atom is 0.306 e. The fourth-order valence-electron chi connectivity index (χ4n) is 4.19. The second-order valence-electron chi connectivity index (χ2n) is 9.86. The van der Waals surface area contributed by atoms with Gasteiger partial charge in [-0.1, -0.05) is 84.5 Å². The molecule has 1 aliphatic rings. The van der Waals surface area contributed by atoms with Crippen molar-refractivity contribution in [1.82, 2.24) is 0 Å². The number of rotatable bonds is 22. The molecule has 9 heteroatoms. The van der Waals surface area contributed by atoms with Gasteiger partial charge in [-0.3, -0.25) is 4.79 Å². The van der Waals surface area contributed by atoms with Crippen molar-refractivity contribution in [2.24, 2.45) is 0 Å². The van der Waals surface area contributed by atoms with Gasteiger partial charge in [-0.15, -0.1) is 0 Å². The number of aliphatic hydroxyl groups is 4. The van der Waals surface area contributed by atoms with Gasteiger partial charge in [0.2, 0.25) is 0 Å². The Hall–Kier alpha value is -0.810. The third-order valence-corrected chi connectivity index (χ3v) is 6.52. The fourth-order valence-corrected chi connectivity index (χ4v) is 4.19. The van der Waals surface area contributed by atoms with Crippen LogP contribution in [0.1, 0.15) is 104 Å². The number of esters is 1. The van der Waals surface area contributed by atoms with Crippen LogP contribution in [0.25, 0.3) is 0 Å². The Kier molecular flexibility index (Phi) is 19.5. The van der Waals surface area contributed by atoms with E-state index in [2.05, 4.69) is 13.8 Å². The van der Waals surface area contributed by atoms with Gasteiger partial charge in [0.05, 0.1) is 19.8 Å². The van der Waals surface area contributed by atoms with Crippen molar-refractivity contribution in [1.29, 1.82) is 0 Å². The van der Waals surface area contributed by atoms with Gasteiger partial charge in [0.15, 0.2) is 6.29 Å². The predicted molar refractivity (Wildman–Crippen MR) is 136 cm³/mol. The molecule has 1 heterocycles. The number of carbonyl (C=O) groups excluding carboxylic acids is 1. The number of hydrogen-bond donors (Lipinski definition) is 4. The molecule has 0 aromatic carbocycles. The molecule has 1 rings (SSSR count). The van der Waals surface area contributed by atoms with Crippen LogP contribution in [0.4, 0.5) is 0 Å². The lowest BCUT2D eigenvalue weighted by Crippen LogP contribution is -2.59. The van der Waals surface area contributed by atoms with Crippen molar-refractivity contribution in [3.05, 3.63) is 0 Å². The van der Waals surface area contributed by atoms with Crippen LogP contribution in [0.5, 0.6) is 0 Å². The topological polar surface area (TPSA) is 135 Å². The Morgan fingerprint density at radius 3 is 1.97 bits per heavy atom. The molecule has 0 bridgehead atoms. The monoisotopic (exact) mass is 520 g/mol. The minimum atomic E-state index is -1.52. The molecule has 0 amide bonds. The first-order valence-electron chi connectivity index (χ1n) is 14.1. The molecule has 1 fully saturated rings. The summed E-state index contributed by atoms with van der Waals surface area (Å²) >= 11 is 0. The van der Waals surface area contributed by atoms with E-state index in [1.54, 1.807) is 0 Å². The van der Waals surface area contributed by atoms with Gasteiger partial charge in [0.25, 0.3) is 0 Å². The normalized spacial score (nSPS) is 25.1. The van der Waals surface area contributed by atoms with E-state index in [4.69, 9.17) is 18.9 Å². The van der Waals surface area contributed by atoms with Gasteiger partial charge in [-0.05, 0) is 12.8 Å². The number of hydrogen-bond acceptors (Lipinski definition) is 9. The molecule has 1 saturated heterocycles. The molecule has 0 radical (unpaired) electrons. The summed E-state index contributed by atoms with van der Waals surface area (Å²) in [6.45, 7) is 4.34. The second kappa shape index (κ2) is 21.2. The zero-order valence-electron chi connectivity index (χ0n) is 22.5. The average Bonchev–Trinajstić information content (AvgIpc) is 2.87. The first-order chi connectivity index (χ1) is 17.4. The zero-order chi connectivity index (χ0) is 26.6. The van der Waals surface area contributed by atoms with Gasteiger partial charge < -0.3 is 39.4 Å². The third-order valence-electron chi connectivity index (χ3n) is 6.52. The van der Waals surface area contributed by atoms with Crippen LogP contribution in [0, 0.1) is 0 Å². The van der Waals surface area contributed by atoms with E-state index in [-0.39, 0.29) is 19.2 Å². The lowest BCUT2D eigenvalue weighted by atomic mass is 9.99. The molecule has 0 aliphatic carbocycles. The summed E-state index contributed by atoms with van der Waals surface area (Å²) in [5, 5.41) is 39.4. The van der Waals surface area contributed by atoms with Crippen LogP contribution in [-0.2, 0) is 23.7 Å². The van der Waals surface area contributed by atoms with E-state index in [9.17, 15) is 25.2 Å². The fraction of sp³-hybridized carbons (Fsp3) is 0.963. The molecule has 6 unspecified atom stereocenters. The summed E-state index contributed by atoms with van der Waals surface area (Å²) in [4.78, 5) is 12.2. The summed E-state index contributed by atoms with van der Waals surface area (Å²) in [7, 11) is 0. The zero-order valence-corrected chi connectivity index (χ0v) is 22.5. The van der Waals surface area contributed by atoms with Crippen LogP contribution >= 0.6 is 0 Å². The molecule has 4 N–H and O–H groups in total. The predicted octanol–water partition coefficient (Wildman–Crippen LogP) is 3.23. The smallest absolute Gasteiger partial charge is 0.306 e. The molecule has 36 heavy (non-hydrogen) atoms. The van der Waals surface area contributed by atoms with Crippen molar-refractivity contribution >= 4 is 5.97 Å². The summed E-state index contributed by atoms with van der Waals surface area (Å²) < 4.78 is 22.2. The molecule has 214 valence electrons. The highest BCUT2D eigenvalue weighted by molar-refractivity contribution is 5.69. The van der Waals surface area contributed by atoms with E-state index in [0.29, 0.717) is 13.0 Å². The Morgan fingerprint density at radius 1 is 0.778 bits per heavy atom. The van der Waals surface area contributed by atoms with Crippen molar-refractivity contribution in [2.45, 2.75) is 141 Å². The molecule has 0 aromatic rings. The first kappa shape index (κ1) is 33.2. The van der Waals surface area contributed by atoms with Gasteiger partial charge in [0.1, 0.15) is 30.5 Å². The quantitative estimate of drug-likeness (QED) is 0.125. The summed E-state index contributed by atoms with van der Waals surface area (Å²) in [6, 6.07) is 0. The summed E-state index contributed by atoms with van der Waals surface area (Å²) in [5.74, 6) is -0.339. The molecule has 0 aromatic heterocycles.